The molecule has 13 nitrogen and oxygen atoms in total. The zero-order valence-corrected chi connectivity index (χ0v) is 23.3. The van der Waals surface area contributed by atoms with Gasteiger partial charge in [0.25, 0.3) is 0 Å². The van der Waals surface area contributed by atoms with Crippen molar-refractivity contribution < 1.29 is 64.2 Å². The third kappa shape index (κ3) is 5.58. The number of hydrogen-bond donors (Lipinski definition) is 7. The number of benzene rings is 2. The molecule has 41 heavy (non-hydrogen) atoms. The molecule has 0 radical (unpaired) electrons. The minimum atomic E-state index is -1.60. The molecule has 4 rings (SSSR count). The molecule has 0 aromatic heterocycles. The SMILES string of the molecule is COc1cc([C@@H]2c3c(cc(OC)c(O)c3OC)C[C@H](CO[C@@H]3O[C@H](CO)[C@@H](O)[C@H](O)[C@H]3O)[C@H]2CO)cc(OC)c1O. The van der Waals surface area contributed by atoms with Crippen molar-refractivity contribution in [1.29, 1.82) is 0 Å². The molecule has 1 heterocycles. The number of rotatable bonds is 10. The zero-order chi connectivity index (χ0) is 30.0. The van der Waals surface area contributed by atoms with Gasteiger partial charge in [-0.3, -0.25) is 0 Å². The first-order valence-corrected chi connectivity index (χ1v) is 13.1. The number of phenolic OH excluding ortho intramolecular Hbond substituents is 2. The molecule has 1 aliphatic heterocycles. The van der Waals surface area contributed by atoms with E-state index in [2.05, 4.69) is 0 Å². The average molecular weight is 583 g/mol. The summed E-state index contributed by atoms with van der Waals surface area (Å²) >= 11 is 0. The summed E-state index contributed by atoms with van der Waals surface area (Å²) < 4.78 is 33.2. The quantitative estimate of drug-likeness (QED) is 0.196. The molecule has 2 aliphatic rings. The molecule has 1 fully saturated rings. The monoisotopic (exact) mass is 582 g/mol. The largest absolute Gasteiger partial charge is 0.502 e. The third-order valence-corrected chi connectivity index (χ3v) is 7.99. The van der Waals surface area contributed by atoms with Crippen LogP contribution in [0.3, 0.4) is 0 Å². The number of aliphatic hydroxyl groups excluding tert-OH is 5. The third-order valence-electron chi connectivity index (χ3n) is 7.99. The van der Waals surface area contributed by atoms with Gasteiger partial charge in [-0.15, -0.1) is 0 Å². The van der Waals surface area contributed by atoms with Crippen molar-refractivity contribution in [2.75, 3.05) is 48.3 Å². The van der Waals surface area contributed by atoms with Gasteiger partial charge in [0, 0.05) is 18.1 Å². The highest BCUT2D eigenvalue weighted by atomic mass is 16.7. The van der Waals surface area contributed by atoms with Gasteiger partial charge in [-0.05, 0) is 47.6 Å². The van der Waals surface area contributed by atoms with Crippen molar-refractivity contribution in [2.45, 2.75) is 43.0 Å². The van der Waals surface area contributed by atoms with Crippen molar-refractivity contribution in [2.24, 2.45) is 11.8 Å². The maximum Gasteiger partial charge on any atom is 0.201 e. The van der Waals surface area contributed by atoms with Crippen LogP contribution in [0.25, 0.3) is 0 Å². The fourth-order valence-corrected chi connectivity index (χ4v) is 5.85. The number of aromatic hydroxyl groups is 2. The van der Waals surface area contributed by atoms with Crippen LogP contribution in [0.4, 0.5) is 0 Å². The Morgan fingerprint density at radius 2 is 1.39 bits per heavy atom. The Labute approximate surface area is 237 Å². The maximum atomic E-state index is 10.9. The summed E-state index contributed by atoms with van der Waals surface area (Å²) in [6.45, 7) is -1.01. The number of aliphatic hydroxyl groups is 5. The summed E-state index contributed by atoms with van der Waals surface area (Å²) in [6, 6.07) is 4.89. The molecule has 0 spiro atoms. The molecule has 2 aromatic carbocycles. The molecule has 0 unspecified atom stereocenters. The Balaban J connectivity index is 1.80. The highest BCUT2D eigenvalue weighted by molar-refractivity contribution is 5.64. The Morgan fingerprint density at radius 1 is 0.780 bits per heavy atom. The topological polar surface area (TPSA) is 197 Å². The van der Waals surface area contributed by atoms with Gasteiger partial charge >= 0.3 is 0 Å². The van der Waals surface area contributed by atoms with Crippen molar-refractivity contribution in [3.63, 3.8) is 0 Å². The first kappa shape index (κ1) is 30.9. The minimum absolute atomic E-state index is 0.0677. The normalized spacial score (nSPS) is 29.5. The fourth-order valence-electron chi connectivity index (χ4n) is 5.85. The summed E-state index contributed by atoms with van der Waals surface area (Å²) in [5, 5.41) is 72.5. The van der Waals surface area contributed by atoms with E-state index in [0.717, 1.165) is 5.56 Å². The lowest BCUT2D eigenvalue weighted by Gasteiger charge is -2.42. The lowest BCUT2D eigenvalue weighted by atomic mass is 9.66. The van der Waals surface area contributed by atoms with Gasteiger partial charge in [-0.25, -0.2) is 0 Å². The van der Waals surface area contributed by atoms with Crippen LogP contribution in [-0.4, -0.2) is 115 Å². The molecule has 8 atom stereocenters. The highest BCUT2D eigenvalue weighted by Gasteiger charge is 2.46. The van der Waals surface area contributed by atoms with E-state index >= 15 is 0 Å². The van der Waals surface area contributed by atoms with Crippen LogP contribution in [0.1, 0.15) is 22.6 Å². The highest BCUT2D eigenvalue weighted by Crippen LogP contribution is 2.54. The van der Waals surface area contributed by atoms with Crippen molar-refractivity contribution in [3.8, 4) is 34.5 Å². The zero-order valence-electron chi connectivity index (χ0n) is 23.3. The van der Waals surface area contributed by atoms with E-state index in [1.165, 1.54) is 28.4 Å². The molecular formula is C28H38O13. The number of phenols is 2. The smallest absolute Gasteiger partial charge is 0.201 e. The predicted molar refractivity (Wildman–Crippen MR) is 142 cm³/mol. The Hall–Kier alpha value is -3.04. The van der Waals surface area contributed by atoms with E-state index in [9.17, 15) is 35.7 Å². The van der Waals surface area contributed by atoms with Crippen LogP contribution in [0.5, 0.6) is 34.5 Å². The minimum Gasteiger partial charge on any atom is -0.502 e. The predicted octanol–water partition coefficient (Wildman–Crippen LogP) is -0.139. The van der Waals surface area contributed by atoms with Crippen molar-refractivity contribution in [1.82, 2.24) is 0 Å². The molecule has 0 bridgehead atoms. The molecule has 2 aromatic rings. The van der Waals surface area contributed by atoms with E-state index in [1.807, 2.05) is 0 Å². The van der Waals surface area contributed by atoms with Crippen LogP contribution >= 0.6 is 0 Å². The van der Waals surface area contributed by atoms with Gasteiger partial charge in [-0.2, -0.15) is 0 Å². The van der Waals surface area contributed by atoms with Crippen LogP contribution in [0.15, 0.2) is 18.2 Å². The van der Waals surface area contributed by atoms with E-state index in [0.29, 0.717) is 17.5 Å². The maximum absolute atomic E-state index is 10.9. The van der Waals surface area contributed by atoms with Crippen LogP contribution < -0.4 is 18.9 Å². The molecule has 228 valence electrons. The summed E-state index contributed by atoms with van der Waals surface area (Å²) in [5.74, 6) is -1.45. The van der Waals surface area contributed by atoms with Crippen LogP contribution in [0.2, 0.25) is 0 Å². The van der Waals surface area contributed by atoms with Gasteiger partial charge in [0.15, 0.2) is 29.3 Å². The van der Waals surface area contributed by atoms with Crippen LogP contribution in [-0.2, 0) is 15.9 Å². The summed E-state index contributed by atoms with van der Waals surface area (Å²) in [7, 11) is 5.61. The lowest BCUT2D eigenvalue weighted by molar-refractivity contribution is -0.304. The number of methoxy groups -OCH3 is 4. The van der Waals surface area contributed by atoms with Gasteiger partial charge in [0.2, 0.25) is 11.5 Å². The van der Waals surface area contributed by atoms with Crippen LogP contribution in [0, 0.1) is 11.8 Å². The molecular weight excluding hydrogens is 544 g/mol. The summed E-state index contributed by atoms with van der Waals surface area (Å²) in [5.41, 5.74) is 1.89. The standard InChI is InChI=1S/C28H38O13/c1-36-16-7-13(8-17(37-2)22(16)31)20-15(9-29)14(5-12-6-18(38-3)24(33)27(39-4)21(12)20)11-40-28-26(35)25(34)23(32)19(10-30)41-28/h6-8,14-15,19-20,23,25-26,28-35H,5,9-11H2,1-4H3/t14-,15-,19-,20+,23-,25+,26-,28-/m1/s1. The van der Waals surface area contributed by atoms with E-state index < -0.39 is 55.1 Å². The summed E-state index contributed by atoms with van der Waals surface area (Å²) in [4.78, 5) is 0. The van der Waals surface area contributed by atoms with Gasteiger partial charge < -0.3 is 64.2 Å². The lowest BCUT2D eigenvalue weighted by Crippen LogP contribution is -2.59. The van der Waals surface area contributed by atoms with Gasteiger partial charge in [0.1, 0.15) is 24.4 Å². The Morgan fingerprint density at radius 3 is 1.93 bits per heavy atom. The van der Waals surface area contributed by atoms with Crippen molar-refractivity contribution >= 4 is 0 Å². The first-order valence-electron chi connectivity index (χ1n) is 13.1. The molecule has 1 aliphatic carbocycles. The molecule has 13 heteroatoms. The number of ether oxygens (including phenoxy) is 6. The molecule has 1 saturated heterocycles. The second-order valence-electron chi connectivity index (χ2n) is 10.1. The second-order valence-corrected chi connectivity index (χ2v) is 10.1. The molecule has 7 N–H and O–H groups in total. The average Bonchev–Trinajstić information content (AvgIpc) is 2.98. The van der Waals surface area contributed by atoms with Crippen molar-refractivity contribution in [3.05, 3.63) is 34.9 Å². The first-order chi connectivity index (χ1) is 19.6. The van der Waals surface area contributed by atoms with E-state index in [4.69, 9.17) is 28.4 Å². The summed E-state index contributed by atoms with van der Waals surface area (Å²) in [6.07, 6.45) is -6.89. The number of hydrogen-bond acceptors (Lipinski definition) is 13. The van der Waals surface area contributed by atoms with Gasteiger partial charge in [-0.1, -0.05) is 0 Å². The van der Waals surface area contributed by atoms with E-state index in [-0.39, 0.29) is 47.7 Å². The Kier molecular flexibility index (Phi) is 9.70. The second kappa shape index (κ2) is 12.9. The molecule has 0 amide bonds. The van der Waals surface area contributed by atoms with E-state index in [1.54, 1.807) is 18.2 Å². The Bertz CT molecular complexity index is 1180. The number of fused-ring (bicyclic) bond motifs is 1. The fraction of sp³-hybridized carbons (Fsp3) is 0.571. The molecule has 0 saturated carbocycles. The van der Waals surface area contributed by atoms with Gasteiger partial charge in [0.05, 0.1) is 41.7 Å².